The lowest BCUT2D eigenvalue weighted by Crippen LogP contribution is -2.37. The van der Waals surface area contributed by atoms with Crippen LogP contribution in [0.4, 0.5) is 0 Å². The second-order valence-electron chi connectivity index (χ2n) is 10.5. The lowest BCUT2D eigenvalue weighted by atomic mass is 9.77. The lowest BCUT2D eigenvalue weighted by Gasteiger charge is -2.41. The molecule has 3 heteroatoms. The largest absolute Gasteiger partial charge is 0.299 e. The van der Waals surface area contributed by atoms with E-state index in [-0.39, 0.29) is 0 Å². The van der Waals surface area contributed by atoms with E-state index in [1.54, 1.807) is 11.1 Å². The van der Waals surface area contributed by atoms with Crippen LogP contribution in [-0.2, 0) is 6.42 Å². The highest BCUT2D eigenvalue weighted by molar-refractivity contribution is 9.10. The third-order valence-corrected chi connectivity index (χ3v) is 9.15. The summed E-state index contributed by atoms with van der Waals surface area (Å²) in [7, 11) is 2.35. The van der Waals surface area contributed by atoms with Crippen LogP contribution >= 0.6 is 15.9 Å². The molecule has 3 atom stereocenters. The number of fused-ring (bicyclic) bond motifs is 2. The number of halogens is 1. The minimum atomic E-state index is 0.592. The normalized spacial score (nSPS) is 25.5. The zero-order chi connectivity index (χ0) is 22.5. The van der Waals surface area contributed by atoms with Crippen molar-refractivity contribution in [2.45, 2.75) is 62.8 Å². The van der Waals surface area contributed by atoms with E-state index in [9.17, 15) is 5.26 Å². The fourth-order valence-electron chi connectivity index (χ4n) is 6.63. The van der Waals surface area contributed by atoms with Gasteiger partial charge in [-0.1, -0.05) is 65.5 Å². The Hall–Kier alpha value is -2.15. The number of benzene rings is 3. The van der Waals surface area contributed by atoms with E-state index in [0.29, 0.717) is 23.4 Å². The molecule has 0 bridgehead atoms. The van der Waals surface area contributed by atoms with Gasteiger partial charge in [0.25, 0.3) is 0 Å². The van der Waals surface area contributed by atoms with Crippen LogP contribution in [-0.4, -0.2) is 18.5 Å². The molecule has 33 heavy (non-hydrogen) atoms. The summed E-state index contributed by atoms with van der Waals surface area (Å²) in [6.45, 7) is 1.19. The third-order valence-electron chi connectivity index (χ3n) is 8.50. The van der Waals surface area contributed by atoms with E-state index in [1.165, 1.54) is 68.0 Å². The predicted octanol–water partition coefficient (Wildman–Crippen LogP) is 7.85. The molecule has 3 unspecified atom stereocenters. The molecule has 0 saturated heterocycles. The number of nitriles is 1. The van der Waals surface area contributed by atoms with Gasteiger partial charge in [0.05, 0.1) is 11.6 Å². The molecule has 3 aliphatic rings. The molecule has 2 aliphatic carbocycles. The van der Waals surface area contributed by atoms with Crippen LogP contribution in [0.3, 0.4) is 0 Å². The Morgan fingerprint density at radius 3 is 2.58 bits per heavy atom. The second-order valence-corrected chi connectivity index (χ2v) is 11.4. The van der Waals surface area contributed by atoms with E-state index in [0.717, 1.165) is 15.8 Å². The van der Waals surface area contributed by atoms with E-state index < -0.39 is 0 Å². The smallest absolute Gasteiger partial charge is 0.0991 e. The summed E-state index contributed by atoms with van der Waals surface area (Å²) in [4.78, 5) is 2.64. The molecule has 2 fully saturated rings. The van der Waals surface area contributed by atoms with Crippen molar-refractivity contribution in [3.8, 4) is 6.07 Å². The van der Waals surface area contributed by atoms with Gasteiger partial charge < -0.3 is 0 Å². The van der Waals surface area contributed by atoms with Crippen LogP contribution in [0.1, 0.15) is 84.2 Å². The molecule has 2 nitrogen and oxygen atoms in total. The Balaban J connectivity index is 1.30. The van der Waals surface area contributed by atoms with Crippen molar-refractivity contribution in [1.29, 1.82) is 5.26 Å². The maximum atomic E-state index is 9.24. The Morgan fingerprint density at radius 1 is 0.939 bits per heavy atom. The molecular formula is C30H31BrN2. The van der Waals surface area contributed by atoms with E-state index in [4.69, 9.17) is 0 Å². The first kappa shape index (κ1) is 21.4. The fraction of sp³-hybridized carbons (Fsp3) is 0.433. The quantitative estimate of drug-likeness (QED) is 0.367. The zero-order valence-electron chi connectivity index (χ0n) is 19.4. The van der Waals surface area contributed by atoms with Gasteiger partial charge in [0.1, 0.15) is 0 Å². The van der Waals surface area contributed by atoms with Gasteiger partial charge in [0.2, 0.25) is 0 Å². The molecule has 6 rings (SSSR count). The molecule has 0 aromatic heterocycles. The first-order valence-electron chi connectivity index (χ1n) is 12.6. The number of nitrogens with zero attached hydrogens (tertiary/aromatic N) is 2. The van der Waals surface area contributed by atoms with Crippen LogP contribution in [0.2, 0.25) is 0 Å². The highest BCUT2D eigenvalue weighted by Gasteiger charge is 2.41. The Labute approximate surface area is 205 Å². The van der Waals surface area contributed by atoms with Crippen molar-refractivity contribution >= 4 is 26.7 Å². The molecular weight excluding hydrogens is 468 g/mol. The molecule has 3 aromatic rings. The lowest BCUT2D eigenvalue weighted by molar-refractivity contribution is 0.134. The first-order chi connectivity index (χ1) is 16.1. The highest BCUT2D eigenvalue weighted by Crippen LogP contribution is 2.56. The third kappa shape index (κ3) is 3.92. The Bertz CT molecular complexity index is 1250. The Kier molecular flexibility index (Phi) is 5.55. The van der Waals surface area contributed by atoms with Gasteiger partial charge in [-0.2, -0.15) is 5.26 Å². The van der Waals surface area contributed by atoms with Crippen molar-refractivity contribution < 1.29 is 0 Å². The predicted molar refractivity (Wildman–Crippen MR) is 139 cm³/mol. The van der Waals surface area contributed by atoms with Crippen LogP contribution in [0, 0.1) is 17.2 Å². The molecule has 0 amide bonds. The average Bonchev–Trinajstić information content (AvgIpc) is 3.65. The maximum absolute atomic E-state index is 9.24. The molecule has 0 N–H and O–H groups in total. The van der Waals surface area contributed by atoms with Crippen LogP contribution in [0.15, 0.2) is 53.0 Å². The molecule has 1 heterocycles. The van der Waals surface area contributed by atoms with Gasteiger partial charge in [-0.25, -0.2) is 0 Å². The standard InChI is InChI=1S/C30H31BrN2/c1-33-12-11-20-9-10-23(15-28(20)30(33)21-5-3-2-4-6-21)25-17-26(25)24-14-22-8-7-19(18-32)13-27(22)29(31)16-24/h7-10,13-16,21,25-26,30H,2-6,11-12,17H2,1H3. The number of hydrogen-bond donors (Lipinski definition) is 0. The van der Waals surface area contributed by atoms with Gasteiger partial charge in [-0.05, 0) is 102 Å². The molecule has 2 saturated carbocycles. The average molecular weight is 499 g/mol. The molecule has 3 aromatic carbocycles. The van der Waals surface area contributed by atoms with Crippen molar-refractivity contribution in [2.75, 3.05) is 13.6 Å². The second kappa shape index (κ2) is 8.57. The van der Waals surface area contributed by atoms with Crippen molar-refractivity contribution in [3.63, 3.8) is 0 Å². The molecule has 0 spiro atoms. The summed E-state index contributed by atoms with van der Waals surface area (Å²) >= 11 is 3.78. The summed E-state index contributed by atoms with van der Waals surface area (Å²) in [5.74, 6) is 2.04. The minimum absolute atomic E-state index is 0.592. The van der Waals surface area contributed by atoms with Gasteiger partial charge in [-0.15, -0.1) is 0 Å². The van der Waals surface area contributed by atoms with Gasteiger partial charge >= 0.3 is 0 Å². The summed E-state index contributed by atoms with van der Waals surface area (Å²) in [5, 5.41) is 11.6. The van der Waals surface area contributed by atoms with Crippen LogP contribution < -0.4 is 0 Å². The monoisotopic (exact) mass is 498 g/mol. The van der Waals surface area contributed by atoms with E-state index in [2.05, 4.69) is 70.3 Å². The summed E-state index contributed by atoms with van der Waals surface area (Å²) < 4.78 is 1.10. The Morgan fingerprint density at radius 2 is 1.76 bits per heavy atom. The van der Waals surface area contributed by atoms with Gasteiger partial charge in [0.15, 0.2) is 0 Å². The van der Waals surface area contributed by atoms with Crippen LogP contribution in [0.5, 0.6) is 0 Å². The van der Waals surface area contributed by atoms with Gasteiger partial charge in [-0.3, -0.25) is 4.90 Å². The van der Waals surface area contributed by atoms with E-state index in [1.807, 2.05) is 12.1 Å². The summed E-state index contributed by atoms with van der Waals surface area (Å²) in [6.07, 6.45) is 9.43. The summed E-state index contributed by atoms with van der Waals surface area (Å²) in [5.41, 5.74) is 6.88. The van der Waals surface area contributed by atoms with Crippen molar-refractivity contribution in [1.82, 2.24) is 4.90 Å². The number of hydrogen-bond acceptors (Lipinski definition) is 2. The highest BCUT2D eigenvalue weighted by atomic mass is 79.9. The van der Waals surface area contributed by atoms with Gasteiger partial charge in [0, 0.05) is 17.1 Å². The molecule has 0 radical (unpaired) electrons. The van der Waals surface area contributed by atoms with Crippen LogP contribution in [0.25, 0.3) is 10.8 Å². The topological polar surface area (TPSA) is 27.0 Å². The fourth-order valence-corrected chi connectivity index (χ4v) is 7.24. The van der Waals surface area contributed by atoms with Crippen molar-refractivity contribution in [2.24, 2.45) is 5.92 Å². The maximum Gasteiger partial charge on any atom is 0.0991 e. The van der Waals surface area contributed by atoms with E-state index >= 15 is 0 Å². The SMILES string of the molecule is CN1CCc2ccc(C3CC3c3cc(Br)c4cc(C#N)ccc4c3)cc2C1C1CCCCC1. The summed E-state index contributed by atoms with van der Waals surface area (Å²) in [6, 6.07) is 20.9. The minimum Gasteiger partial charge on any atom is -0.299 e. The molecule has 1 aliphatic heterocycles. The first-order valence-corrected chi connectivity index (χ1v) is 13.4. The number of rotatable bonds is 3. The van der Waals surface area contributed by atoms with Crippen molar-refractivity contribution in [3.05, 3.63) is 80.8 Å². The molecule has 168 valence electrons. The zero-order valence-corrected chi connectivity index (χ0v) is 20.9. The number of likely N-dealkylation sites (N-methyl/N-ethyl adjacent to an activating group) is 1.